The first-order chi connectivity index (χ1) is 6.31. The van der Waals surface area contributed by atoms with Gasteiger partial charge in [-0.25, -0.2) is 4.79 Å². The molecule has 0 saturated heterocycles. The van der Waals surface area contributed by atoms with Gasteiger partial charge in [0.05, 0.1) is 6.61 Å². The predicted octanol–water partition coefficient (Wildman–Crippen LogP) is 1.50. The molecule has 0 fully saturated rings. The molecule has 0 atom stereocenters. The number of ether oxygens (including phenoxy) is 1. The van der Waals surface area contributed by atoms with Crippen LogP contribution in [0.4, 0.5) is 0 Å². The second-order valence-corrected chi connectivity index (χ2v) is 2.79. The second kappa shape index (κ2) is 9.26. The van der Waals surface area contributed by atoms with Crippen molar-refractivity contribution in [3.05, 3.63) is 12.7 Å². The zero-order valence-corrected chi connectivity index (χ0v) is 8.34. The van der Waals surface area contributed by atoms with Gasteiger partial charge in [-0.2, -0.15) is 0 Å². The fourth-order valence-electron chi connectivity index (χ4n) is 0.937. The number of hydrogen-bond acceptors (Lipinski definition) is 3. The Hall–Kier alpha value is -0.830. The molecule has 0 aromatic rings. The molecule has 0 radical (unpaired) electrons. The van der Waals surface area contributed by atoms with Gasteiger partial charge in [0.1, 0.15) is 0 Å². The third kappa shape index (κ3) is 9.08. The summed E-state index contributed by atoms with van der Waals surface area (Å²) < 4.78 is 4.82. The van der Waals surface area contributed by atoms with Gasteiger partial charge in [-0.3, -0.25) is 0 Å². The first kappa shape index (κ1) is 12.2. The molecular formula is C10H19NO2. The van der Waals surface area contributed by atoms with E-state index in [0.717, 1.165) is 32.4 Å². The fraction of sp³-hybridized carbons (Fsp3) is 0.700. The van der Waals surface area contributed by atoms with E-state index in [1.54, 1.807) is 0 Å². The van der Waals surface area contributed by atoms with E-state index in [1.165, 1.54) is 6.08 Å². The van der Waals surface area contributed by atoms with E-state index in [4.69, 9.17) is 4.74 Å². The van der Waals surface area contributed by atoms with Crippen LogP contribution >= 0.6 is 0 Å². The van der Waals surface area contributed by atoms with Crippen LogP contribution in [0.3, 0.4) is 0 Å². The number of esters is 1. The van der Waals surface area contributed by atoms with Crippen LogP contribution in [0.2, 0.25) is 0 Å². The van der Waals surface area contributed by atoms with Gasteiger partial charge in [0.25, 0.3) is 0 Å². The summed E-state index contributed by atoms with van der Waals surface area (Å²) in [4.78, 5) is 10.6. The maximum atomic E-state index is 10.6. The van der Waals surface area contributed by atoms with Gasteiger partial charge >= 0.3 is 5.97 Å². The number of carbonyl (C=O) groups is 1. The highest BCUT2D eigenvalue weighted by Crippen LogP contribution is 1.95. The number of hydrogen-bond donors (Lipinski definition) is 1. The minimum absolute atomic E-state index is 0.327. The highest BCUT2D eigenvalue weighted by Gasteiger charge is 1.94. The van der Waals surface area contributed by atoms with Crippen molar-refractivity contribution in [3.63, 3.8) is 0 Å². The van der Waals surface area contributed by atoms with Crippen LogP contribution in [-0.2, 0) is 9.53 Å². The van der Waals surface area contributed by atoms with E-state index in [9.17, 15) is 4.79 Å². The molecular weight excluding hydrogens is 166 g/mol. The van der Waals surface area contributed by atoms with Gasteiger partial charge in [-0.15, -0.1) is 0 Å². The predicted molar refractivity (Wildman–Crippen MR) is 53.6 cm³/mol. The summed E-state index contributed by atoms with van der Waals surface area (Å²) >= 11 is 0. The van der Waals surface area contributed by atoms with Crippen LogP contribution < -0.4 is 5.32 Å². The molecule has 0 aromatic carbocycles. The molecule has 0 bridgehead atoms. The van der Waals surface area contributed by atoms with Gasteiger partial charge < -0.3 is 10.1 Å². The Labute approximate surface area is 80.2 Å². The maximum absolute atomic E-state index is 10.6. The molecule has 0 aromatic heterocycles. The monoisotopic (exact) mass is 185 g/mol. The maximum Gasteiger partial charge on any atom is 0.330 e. The van der Waals surface area contributed by atoms with Gasteiger partial charge in [-0.1, -0.05) is 13.5 Å². The summed E-state index contributed by atoms with van der Waals surface area (Å²) in [6.45, 7) is 7.98. The van der Waals surface area contributed by atoms with Crippen molar-refractivity contribution >= 4 is 5.97 Å². The third-order valence-corrected chi connectivity index (χ3v) is 1.66. The summed E-state index contributed by atoms with van der Waals surface area (Å²) in [5, 5.41) is 3.24. The normalized spacial score (nSPS) is 9.62. The fourth-order valence-corrected chi connectivity index (χ4v) is 0.937. The Morgan fingerprint density at radius 3 is 2.85 bits per heavy atom. The van der Waals surface area contributed by atoms with Gasteiger partial charge in [-0.05, 0) is 32.4 Å². The number of nitrogens with one attached hydrogen (secondary N) is 1. The van der Waals surface area contributed by atoms with E-state index in [2.05, 4.69) is 18.8 Å². The molecule has 0 aliphatic carbocycles. The molecule has 0 aliphatic heterocycles. The first-order valence-corrected chi connectivity index (χ1v) is 4.81. The van der Waals surface area contributed by atoms with E-state index >= 15 is 0 Å². The Kier molecular flexibility index (Phi) is 8.67. The molecule has 0 rings (SSSR count). The largest absolute Gasteiger partial charge is 0.463 e. The van der Waals surface area contributed by atoms with Crippen LogP contribution in [0.1, 0.15) is 26.2 Å². The van der Waals surface area contributed by atoms with Crippen molar-refractivity contribution in [3.8, 4) is 0 Å². The van der Waals surface area contributed by atoms with Crippen LogP contribution in [0.15, 0.2) is 12.7 Å². The number of rotatable bonds is 8. The Bertz CT molecular complexity index is 146. The average molecular weight is 185 g/mol. The van der Waals surface area contributed by atoms with E-state index in [0.29, 0.717) is 6.61 Å². The summed E-state index contributed by atoms with van der Waals surface area (Å²) in [5.41, 5.74) is 0. The molecule has 3 nitrogen and oxygen atoms in total. The number of unbranched alkanes of at least 4 members (excludes halogenated alkanes) is 2. The van der Waals surface area contributed by atoms with Gasteiger partial charge in [0.15, 0.2) is 0 Å². The lowest BCUT2D eigenvalue weighted by molar-refractivity contribution is -0.137. The summed E-state index contributed by atoms with van der Waals surface area (Å²) in [6, 6.07) is 0. The molecule has 1 N–H and O–H groups in total. The third-order valence-electron chi connectivity index (χ3n) is 1.66. The van der Waals surface area contributed by atoms with Crippen molar-refractivity contribution < 1.29 is 9.53 Å². The zero-order valence-electron chi connectivity index (χ0n) is 8.34. The summed E-state index contributed by atoms with van der Waals surface area (Å²) in [5.74, 6) is -0.327. The summed E-state index contributed by atoms with van der Waals surface area (Å²) in [6.07, 6.45) is 4.36. The average Bonchev–Trinajstić information content (AvgIpc) is 2.16. The lowest BCUT2D eigenvalue weighted by Gasteiger charge is -2.02. The molecule has 76 valence electrons. The highest BCUT2D eigenvalue weighted by atomic mass is 16.5. The Morgan fingerprint density at radius 2 is 2.23 bits per heavy atom. The topological polar surface area (TPSA) is 38.3 Å². The lowest BCUT2D eigenvalue weighted by Crippen LogP contribution is -2.14. The Balaban J connectivity index is 2.99. The van der Waals surface area contributed by atoms with Crippen LogP contribution in [-0.4, -0.2) is 25.7 Å². The van der Waals surface area contributed by atoms with Gasteiger partial charge in [0.2, 0.25) is 0 Å². The van der Waals surface area contributed by atoms with E-state index < -0.39 is 0 Å². The standard InChI is InChI=1S/C10H19NO2/c1-3-10(12)13-9-7-5-6-8-11-4-2/h3,11H,1,4-9H2,2H3. The lowest BCUT2D eigenvalue weighted by atomic mass is 10.2. The summed E-state index contributed by atoms with van der Waals surface area (Å²) in [7, 11) is 0. The van der Waals surface area contributed by atoms with Crippen molar-refractivity contribution in [2.24, 2.45) is 0 Å². The van der Waals surface area contributed by atoms with Crippen LogP contribution in [0, 0.1) is 0 Å². The molecule has 0 unspecified atom stereocenters. The molecule has 13 heavy (non-hydrogen) atoms. The van der Waals surface area contributed by atoms with E-state index in [1.807, 2.05) is 0 Å². The molecule has 0 saturated carbocycles. The second-order valence-electron chi connectivity index (χ2n) is 2.79. The molecule has 0 heterocycles. The van der Waals surface area contributed by atoms with Crippen LogP contribution in [0.25, 0.3) is 0 Å². The smallest absolute Gasteiger partial charge is 0.330 e. The zero-order chi connectivity index (χ0) is 9.94. The highest BCUT2D eigenvalue weighted by molar-refractivity contribution is 5.81. The first-order valence-electron chi connectivity index (χ1n) is 4.81. The minimum atomic E-state index is -0.327. The van der Waals surface area contributed by atoms with Crippen molar-refractivity contribution in [2.45, 2.75) is 26.2 Å². The molecule has 3 heteroatoms. The molecule has 0 spiro atoms. The SMILES string of the molecule is C=CC(=O)OCCCCCNCC. The van der Waals surface area contributed by atoms with Crippen molar-refractivity contribution in [1.29, 1.82) is 0 Å². The minimum Gasteiger partial charge on any atom is -0.463 e. The van der Waals surface area contributed by atoms with Crippen LogP contribution in [0.5, 0.6) is 0 Å². The molecule has 0 amide bonds. The van der Waals surface area contributed by atoms with E-state index in [-0.39, 0.29) is 5.97 Å². The Morgan fingerprint density at radius 1 is 1.46 bits per heavy atom. The van der Waals surface area contributed by atoms with Crippen molar-refractivity contribution in [2.75, 3.05) is 19.7 Å². The quantitative estimate of drug-likeness (QED) is 0.354. The van der Waals surface area contributed by atoms with Crippen molar-refractivity contribution in [1.82, 2.24) is 5.32 Å². The number of carbonyl (C=O) groups excluding carboxylic acids is 1. The van der Waals surface area contributed by atoms with Gasteiger partial charge in [0, 0.05) is 6.08 Å². The molecule has 0 aliphatic rings.